The smallest absolute Gasteiger partial charge is 0.289 e. The molecule has 0 bridgehead atoms. The lowest BCUT2D eigenvalue weighted by Gasteiger charge is -2.30. The molecule has 1 aliphatic heterocycles. The second-order valence-corrected chi connectivity index (χ2v) is 11.8. The first-order valence-electron chi connectivity index (χ1n) is 11.6. The van der Waals surface area contributed by atoms with Crippen molar-refractivity contribution in [3.05, 3.63) is 82.0 Å². The molecule has 0 radical (unpaired) electrons. The minimum atomic E-state index is -3.25. The van der Waals surface area contributed by atoms with Crippen molar-refractivity contribution < 1.29 is 22.4 Å². The third-order valence-electron chi connectivity index (χ3n) is 6.33. The summed E-state index contributed by atoms with van der Waals surface area (Å²) in [6.45, 7) is 1.48. The number of benzene rings is 2. The third kappa shape index (κ3) is 5.19. The number of sulfone groups is 1. The number of carbonyl (C=O) groups is 2. The number of hydrogen-bond acceptors (Lipinski definition) is 7. The van der Waals surface area contributed by atoms with Crippen molar-refractivity contribution in [1.29, 1.82) is 0 Å². The number of amides is 2. The van der Waals surface area contributed by atoms with E-state index in [0.29, 0.717) is 30.1 Å². The zero-order chi connectivity index (χ0) is 25.3. The Morgan fingerprint density at radius 1 is 1.11 bits per heavy atom. The molecular weight excluding hydrogens is 498 g/mol. The van der Waals surface area contributed by atoms with Crippen LogP contribution >= 0.6 is 11.3 Å². The maximum absolute atomic E-state index is 12.9. The molecule has 36 heavy (non-hydrogen) atoms. The molecule has 0 atom stereocenters. The quantitative estimate of drug-likeness (QED) is 0.405. The van der Waals surface area contributed by atoms with Crippen molar-refractivity contribution >= 4 is 44.0 Å². The Kier molecular flexibility index (Phi) is 6.63. The van der Waals surface area contributed by atoms with Gasteiger partial charge in [0, 0.05) is 42.6 Å². The summed E-state index contributed by atoms with van der Waals surface area (Å²) in [7, 11) is -3.25. The molecule has 2 amide bonds. The van der Waals surface area contributed by atoms with Gasteiger partial charge in [-0.1, -0.05) is 30.3 Å². The molecule has 1 fully saturated rings. The van der Waals surface area contributed by atoms with Gasteiger partial charge in [0.25, 0.3) is 11.8 Å². The molecule has 0 saturated carbocycles. The number of piperidine rings is 1. The molecule has 4 aromatic rings. The molecule has 5 rings (SSSR count). The fraction of sp³-hybridized carbons (Fsp3) is 0.269. The molecule has 0 aliphatic carbocycles. The highest BCUT2D eigenvalue weighted by Crippen LogP contribution is 2.31. The SMILES string of the molecule is CS(=O)(=O)c1ccc(CNC(=O)c2csc(C3CCN(C(=O)c4cc5ccccc5o4)CC3)n2)cc1. The molecule has 186 valence electrons. The van der Waals surface area contributed by atoms with Crippen LogP contribution in [0.4, 0.5) is 0 Å². The molecule has 2 aromatic carbocycles. The number of rotatable bonds is 6. The number of furan rings is 1. The van der Waals surface area contributed by atoms with E-state index in [0.717, 1.165) is 35.1 Å². The second kappa shape index (κ2) is 9.87. The second-order valence-electron chi connectivity index (χ2n) is 8.88. The van der Waals surface area contributed by atoms with Crippen molar-refractivity contribution in [2.45, 2.75) is 30.2 Å². The Labute approximate surface area is 212 Å². The van der Waals surface area contributed by atoms with Gasteiger partial charge in [0.2, 0.25) is 0 Å². The van der Waals surface area contributed by atoms with Crippen molar-refractivity contribution in [1.82, 2.24) is 15.2 Å². The van der Waals surface area contributed by atoms with E-state index in [4.69, 9.17) is 4.42 Å². The van der Waals surface area contributed by atoms with Gasteiger partial charge in [-0.25, -0.2) is 13.4 Å². The summed E-state index contributed by atoms with van der Waals surface area (Å²) >= 11 is 1.46. The van der Waals surface area contributed by atoms with Gasteiger partial charge < -0.3 is 14.6 Å². The number of carbonyl (C=O) groups excluding carboxylic acids is 2. The first-order chi connectivity index (χ1) is 17.3. The van der Waals surface area contributed by atoms with E-state index in [1.807, 2.05) is 29.2 Å². The summed E-state index contributed by atoms with van der Waals surface area (Å²) < 4.78 is 28.9. The van der Waals surface area contributed by atoms with Crippen LogP contribution in [0.3, 0.4) is 0 Å². The van der Waals surface area contributed by atoms with E-state index in [2.05, 4.69) is 10.3 Å². The predicted molar refractivity (Wildman–Crippen MR) is 137 cm³/mol. The summed E-state index contributed by atoms with van der Waals surface area (Å²) in [5.41, 5.74) is 1.87. The van der Waals surface area contributed by atoms with Gasteiger partial charge in [-0.3, -0.25) is 9.59 Å². The number of para-hydroxylation sites is 1. The fourth-order valence-corrected chi connectivity index (χ4v) is 5.88. The maximum atomic E-state index is 12.9. The molecule has 10 heteroatoms. The van der Waals surface area contributed by atoms with Crippen LogP contribution in [0.2, 0.25) is 0 Å². The number of hydrogen-bond donors (Lipinski definition) is 1. The van der Waals surface area contributed by atoms with E-state index in [1.54, 1.807) is 23.6 Å². The summed E-state index contributed by atoms with van der Waals surface area (Å²) in [6.07, 6.45) is 2.70. The van der Waals surface area contributed by atoms with Crippen LogP contribution < -0.4 is 5.32 Å². The maximum Gasteiger partial charge on any atom is 0.289 e. The van der Waals surface area contributed by atoms with Crippen molar-refractivity contribution in [2.75, 3.05) is 19.3 Å². The standard InChI is InChI=1S/C26H25N3O5S2/c1-36(32,33)20-8-6-17(7-9-20)15-27-24(30)21-16-35-25(28-21)18-10-12-29(13-11-18)26(31)23-14-19-4-2-3-5-22(19)34-23/h2-9,14,16,18H,10-13,15H2,1H3,(H,27,30). The molecule has 3 heterocycles. The van der Waals surface area contributed by atoms with Gasteiger partial charge in [0.05, 0.1) is 9.90 Å². The van der Waals surface area contributed by atoms with Crippen LogP contribution in [-0.2, 0) is 16.4 Å². The number of likely N-dealkylation sites (tertiary alicyclic amines) is 1. The Bertz CT molecular complexity index is 1480. The molecule has 0 spiro atoms. The zero-order valence-corrected chi connectivity index (χ0v) is 21.3. The lowest BCUT2D eigenvalue weighted by atomic mass is 9.97. The average Bonchev–Trinajstić information content (AvgIpc) is 3.54. The van der Waals surface area contributed by atoms with Crippen LogP contribution in [0, 0.1) is 0 Å². The summed E-state index contributed by atoms with van der Waals surface area (Å²) in [6, 6.07) is 15.8. The molecule has 1 saturated heterocycles. The predicted octanol–water partition coefficient (Wildman–Crippen LogP) is 4.24. The number of aromatic nitrogens is 1. The molecule has 1 aliphatic rings. The first-order valence-corrected chi connectivity index (χ1v) is 14.4. The Morgan fingerprint density at radius 3 is 2.53 bits per heavy atom. The normalized spacial score (nSPS) is 14.8. The highest BCUT2D eigenvalue weighted by Gasteiger charge is 2.28. The first kappa shape index (κ1) is 24.2. The zero-order valence-electron chi connectivity index (χ0n) is 19.6. The fourth-order valence-electron chi connectivity index (χ4n) is 4.28. The minimum absolute atomic E-state index is 0.103. The Hall–Kier alpha value is -3.50. The minimum Gasteiger partial charge on any atom is -0.451 e. The number of nitrogens with zero attached hydrogens (tertiary/aromatic N) is 2. The molecular formula is C26H25N3O5S2. The van der Waals surface area contributed by atoms with Crippen LogP contribution in [0.1, 0.15) is 50.4 Å². The number of nitrogens with one attached hydrogen (secondary N) is 1. The van der Waals surface area contributed by atoms with E-state index in [1.165, 1.54) is 23.5 Å². The van der Waals surface area contributed by atoms with Crippen LogP contribution in [-0.4, -0.2) is 49.5 Å². The van der Waals surface area contributed by atoms with E-state index in [9.17, 15) is 18.0 Å². The average molecular weight is 524 g/mol. The third-order valence-corrected chi connectivity index (χ3v) is 8.46. The van der Waals surface area contributed by atoms with Crippen molar-refractivity contribution in [3.63, 3.8) is 0 Å². The molecule has 0 unspecified atom stereocenters. The van der Waals surface area contributed by atoms with Crippen molar-refractivity contribution in [2.24, 2.45) is 0 Å². The van der Waals surface area contributed by atoms with Crippen LogP contribution in [0.25, 0.3) is 11.0 Å². The van der Waals surface area contributed by atoms with Gasteiger partial charge in [-0.05, 0) is 42.7 Å². The lowest BCUT2D eigenvalue weighted by molar-refractivity contribution is 0.0683. The Morgan fingerprint density at radius 2 is 1.83 bits per heavy atom. The molecule has 2 aromatic heterocycles. The van der Waals surface area contributed by atoms with Crippen LogP contribution in [0.5, 0.6) is 0 Å². The lowest BCUT2D eigenvalue weighted by Crippen LogP contribution is -2.37. The molecule has 8 nitrogen and oxygen atoms in total. The topological polar surface area (TPSA) is 110 Å². The van der Waals surface area contributed by atoms with Crippen molar-refractivity contribution in [3.8, 4) is 0 Å². The van der Waals surface area contributed by atoms with Gasteiger partial charge in [0.15, 0.2) is 15.6 Å². The monoisotopic (exact) mass is 523 g/mol. The highest BCUT2D eigenvalue weighted by atomic mass is 32.2. The molecule has 1 N–H and O–H groups in total. The Balaban J connectivity index is 1.15. The van der Waals surface area contributed by atoms with E-state index < -0.39 is 9.84 Å². The van der Waals surface area contributed by atoms with Crippen LogP contribution in [0.15, 0.2) is 69.3 Å². The summed E-state index contributed by atoms with van der Waals surface area (Å²) in [5, 5.41) is 6.40. The number of fused-ring (bicyclic) bond motifs is 1. The van der Waals surface area contributed by atoms with E-state index >= 15 is 0 Å². The van der Waals surface area contributed by atoms with Gasteiger partial charge >= 0.3 is 0 Å². The van der Waals surface area contributed by atoms with Gasteiger partial charge in [-0.15, -0.1) is 11.3 Å². The van der Waals surface area contributed by atoms with E-state index in [-0.39, 0.29) is 29.2 Å². The number of thiazole rings is 1. The summed E-state index contributed by atoms with van der Waals surface area (Å²) in [4.78, 5) is 32.1. The van der Waals surface area contributed by atoms with Gasteiger partial charge in [-0.2, -0.15) is 0 Å². The highest BCUT2D eigenvalue weighted by molar-refractivity contribution is 7.90. The largest absolute Gasteiger partial charge is 0.451 e. The van der Waals surface area contributed by atoms with Gasteiger partial charge in [0.1, 0.15) is 11.3 Å². The summed E-state index contributed by atoms with van der Waals surface area (Å²) in [5.74, 6) is 0.171.